The lowest BCUT2D eigenvalue weighted by atomic mass is 10.0. The Balaban J connectivity index is 1.37. The molecule has 0 atom stereocenters. The third-order valence-corrected chi connectivity index (χ3v) is 5.90. The molecular weight excluding hydrogens is 386 g/mol. The number of nitrogens with zero attached hydrogens (tertiary/aromatic N) is 3. The summed E-state index contributed by atoms with van der Waals surface area (Å²) in [6.07, 6.45) is 3.69. The van der Waals surface area contributed by atoms with Crippen molar-refractivity contribution < 1.29 is 4.79 Å². The quantitative estimate of drug-likeness (QED) is 0.517. The predicted octanol–water partition coefficient (Wildman–Crippen LogP) is 4.50. The number of rotatable bonds is 4. The number of piperazine rings is 1. The molecule has 6 heteroatoms. The Morgan fingerprint density at radius 2 is 1.84 bits per heavy atom. The number of hydrogen-bond acceptors (Lipinski definition) is 4. The van der Waals surface area contributed by atoms with Crippen LogP contribution in [0.25, 0.3) is 21.7 Å². The maximum absolute atomic E-state index is 13.4. The minimum atomic E-state index is 0.0869. The van der Waals surface area contributed by atoms with Crippen LogP contribution < -0.4 is 10.2 Å². The van der Waals surface area contributed by atoms with Gasteiger partial charge in [0.05, 0.1) is 11.3 Å². The van der Waals surface area contributed by atoms with Gasteiger partial charge in [0.1, 0.15) is 0 Å². The van der Waals surface area contributed by atoms with E-state index in [4.69, 9.17) is 0 Å². The van der Waals surface area contributed by atoms with E-state index >= 15 is 0 Å². The largest absolute Gasteiger partial charge is 0.380 e. The van der Waals surface area contributed by atoms with E-state index in [9.17, 15) is 4.79 Å². The van der Waals surface area contributed by atoms with Crippen LogP contribution in [0.3, 0.4) is 0 Å². The fraction of sp³-hybridized carbons (Fsp3) is 0.280. The summed E-state index contributed by atoms with van der Waals surface area (Å²) < 4.78 is 0. The highest BCUT2D eigenvalue weighted by atomic mass is 16.2. The second-order valence-electron chi connectivity index (χ2n) is 8.36. The number of hydrogen-bond donors (Lipinski definition) is 2. The van der Waals surface area contributed by atoms with Gasteiger partial charge in [0, 0.05) is 55.5 Å². The van der Waals surface area contributed by atoms with E-state index in [1.165, 1.54) is 0 Å². The molecule has 1 aliphatic rings. The van der Waals surface area contributed by atoms with Gasteiger partial charge in [-0.1, -0.05) is 30.3 Å². The van der Waals surface area contributed by atoms with Gasteiger partial charge < -0.3 is 20.1 Å². The Bertz CT molecular complexity index is 1240. The molecule has 2 aromatic carbocycles. The molecule has 0 aliphatic carbocycles. The number of anilines is 2. The van der Waals surface area contributed by atoms with Crippen LogP contribution in [0, 0.1) is 0 Å². The number of carbonyl (C=O) groups excluding carboxylic acids is 1. The van der Waals surface area contributed by atoms with Crippen LogP contribution in [0.15, 0.2) is 60.9 Å². The van der Waals surface area contributed by atoms with Gasteiger partial charge in [0.25, 0.3) is 5.91 Å². The summed E-state index contributed by atoms with van der Waals surface area (Å²) in [5, 5.41) is 6.75. The number of aromatic amines is 1. The summed E-state index contributed by atoms with van der Waals surface area (Å²) in [5.74, 6) is 1.05. The van der Waals surface area contributed by atoms with Crippen molar-refractivity contribution in [2.75, 3.05) is 36.4 Å². The molecule has 1 amide bonds. The van der Waals surface area contributed by atoms with E-state index in [1.807, 2.05) is 35.5 Å². The fourth-order valence-electron chi connectivity index (χ4n) is 4.44. The zero-order chi connectivity index (χ0) is 21.4. The number of nitrogens with one attached hydrogen (secondary N) is 2. The number of pyridine rings is 1. The fourth-order valence-corrected chi connectivity index (χ4v) is 4.44. The molecule has 1 aliphatic heterocycles. The first-order chi connectivity index (χ1) is 15.1. The highest BCUT2D eigenvalue weighted by Gasteiger charge is 2.26. The van der Waals surface area contributed by atoms with Gasteiger partial charge >= 0.3 is 0 Å². The second-order valence-corrected chi connectivity index (χ2v) is 8.36. The number of benzene rings is 2. The Labute approximate surface area is 181 Å². The van der Waals surface area contributed by atoms with Crippen LogP contribution in [0.5, 0.6) is 0 Å². The maximum atomic E-state index is 13.4. The van der Waals surface area contributed by atoms with Crippen molar-refractivity contribution in [3.8, 4) is 0 Å². The third-order valence-electron chi connectivity index (χ3n) is 5.90. The number of fused-ring (bicyclic) bond motifs is 3. The lowest BCUT2D eigenvalue weighted by Gasteiger charge is -2.36. The van der Waals surface area contributed by atoms with Crippen molar-refractivity contribution >= 4 is 39.1 Å². The molecule has 6 nitrogen and oxygen atoms in total. The van der Waals surface area contributed by atoms with Crippen LogP contribution in [-0.2, 0) is 0 Å². The molecule has 0 bridgehead atoms. The molecule has 1 saturated heterocycles. The van der Waals surface area contributed by atoms with Crippen LogP contribution >= 0.6 is 0 Å². The molecule has 0 spiro atoms. The van der Waals surface area contributed by atoms with Gasteiger partial charge in [-0.3, -0.25) is 4.79 Å². The number of amides is 1. The maximum Gasteiger partial charge on any atom is 0.256 e. The highest BCUT2D eigenvalue weighted by Crippen LogP contribution is 2.30. The van der Waals surface area contributed by atoms with E-state index < -0.39 is 0 Å². The lowest BCUT2D eigenvalue weighted by Crippen LogP contribution is -2.49. The van der Waals surface area contributed by atoms with Crippen molar-refractivity contribution in [2.45, 2.75) is 19.9 Å². The van der Waals surface area contributed by atoms with E-state index in [-0.39, 0.29) is 5.91 Å². The number of aromatic nitrogens is 2. The predicted molar refractivity (Wildman–Crippen MR) is 127 cm³/mol. The van der Waals surface area contributed by atoms with Crippen LogP contribution in [0.4, 0.5) is 11.5 Å². The van der Waals surface area contributed by atoms with Crippen LogP contribution in [0.2, 0.25) is 0 Å². The molecule has 5 rings (SSSR count). The summed E-state index contributed by atoms with van der Waals surface area (Å²) in [6.45, 7) is 7.12. The van der Waals surface area contributed by atoms with Crippen molar-refractivity contribution in [1.29, 1.82) is 0 Å². The van der Waals surface area contributed by atoms with E-state index in [0.717, 1.165) is 51.8 Å². The Hall–Kier alpha value is -3.54. The molecule has 2 aromatic heterocycles. The Morgan fingerprint density at radius 1 is 1.03 bits per heavy atom. The van der Waals surface area contributed by atoms with Crippen molar-refractivity contribution in [1.82, 2.24) is 14.9 Å². The standard InChI is InChI=1S/C25H27N5O/c1-17(2)28-22-8-5-11-26-24(22)29-12-14-30(15-13-29)25(31)20-16-27-21-10-9-18-6-3-4-7-19(18)23(20)21/h3-11,16-17,27-28H,12-15H2,1-2H3. The first-order valence-electron chi connectivity index (χ1n) is 10.9. The van der Waals surface area contributed by atoms with E-state index in [2.05, 4.69) is 64.4 Å². The average molecular weight is 414 g/mol. The minimum absolute atomic E-state index is 0.0869. The number of carbonyl (C=O) groups is 1. The molecular formula is C25H27N5O. The molecule has 4 aromatic rings. The minimum Gasteiger partial charge on any atom is -0.380 e. The van der Waals surface area contributed by atoms with E-state index in [0.29, 0.717) is 19.1 Å². The van der Waals surface area contributed by atoms with Gasteiger partial charge in [-0.05, 0) is 42.8 Å². The Kier molecular flexibility index (Phi) is 4.98. The second kappa shape index (κ2) is 7.95. The SMILES string of the molecule is CC(C)Nc1cccnc1N1CCN(C(=O)c2c[nH]c3ccc4ccccc4c23)CC1. The summed E-state index contributed by atoms with van der Waals surface area (Å²) in [5.41, 5.74) is 2.79. The first kappa shape index (κ1) is 19.4. The molecule has 31 heavy (non-hydrogen) atoms. The lowest BCUT2D eigenvalue weighted by molar-refractivity contribution is 0.0748. The summed E-state index contributed by atoms with van der Waals surface area (Å²) in [7, 11) is 0. The highest BCUT2D eigenvalue weighted by molar-refractivity contribution is 6.17. The van der Waals surface area contributed by atoms with Crippen LogP contribution in [0.1, 0.15) is 24.2 Å². The van der Waals surface area contributed by atoms with Gasteiger partial charge in [0.2, 0.25) is 0 Å². The average Bonchev–Trinajstić information content (AvgIpc) is 3.23. The summed E-state index contributed by atoms with van der Waals surface area (Å²) in [6, 6.07) is 16.7. The summed E-state index contributed by atoms with van der Waals surface area (Å²) >= 11 is 0. The van der Waals surface area contributed by atoms with Crippen molar-refractivity contribution in [3.05, 3.63) is 66.5 Å². The van der Waals surface area contributed by atoms with Gasteiger partial charge in [0.15, 0.2) is 5.82 Å². The molecule has 0 unspecified atom stereocenters. The zero-order valence-corrected chi connectivity index (χ0v) is 17.9. The molecule has 1 fully saturated rings. The normalized spacial score (nSPS) is 14.5. The van der Waals surface area contributed by atoms with Gasteiger partial charge in [-0.2, -0.15) is 0 Å². The smallest absolute Gasteiger partial charge is 0.256 e. The molecule has 0 saturated carbocycles. The number of H-pyrrole nitrogens is 1. The first-order valence-corrected chi connectivity index (χ1v) is 10.9. The van der Waals surface area contributed by atoms with Crippen molar-refractivity contribution in [2.24, 2.45) is 0 Å². The molecule has 158 valence electrons. The molecule has 0 radical (unpaired) electrons. The third kappa shape index (κ3) is 3.58. The monoisotopic (exact) mass is 413 g/mol. The van der Waals surface area contributed by atoms with Gasteiger partial charge in [-0.25, -0.2) is 4.98 Å². The van der Waals surface area contributed by atoms with E-state index in [1.54, 1.807) is 0 Å². The Morgan fingerprint density at radius 3 is 2.65 bits per heavy atom. The topological polar surface area (TPSA) is 64.3 Å². The van der Waals surface area contributed by atoms with Crippen LogP contribution in [-0.4, -0.2) is 53.0 Å². The molecule has 2 N–H and O–H groups in total. The molecule has 3 heterocycles. The van der Waals surface area contributed by atoms with Gasteiger partial charge in [-0.15, -0.1) is 0 Å². The zero-order valence-electron chi connectivity index (χ0n) is 17.9. The van der Waals surface area contributed by atoms with Crippen molar-refractivity contribution in [3.63, 3.8) is 0 Å². The summed E-state index contributed by atoms with van der Waals surface area (Å²) in [4.78, 5) is 25.5.